The fraction of sp³-hybridized carbons (Fsp3) is 0.389. The molecule has 0 bridgehead atoms. The number of nitrogens with zero attached hydrogens (tertiary/aromatic N) is 5. The van der Waals surface area contributed by atoms with Gasteiger partial charge in [0, 0.05) is 24.4 Å². The van der Waals surface area contributed by atoms with Crippen molar-refractivity contribution >= 4 is 21.9 Å². The van der Waals surface area contributed by atoms with E-state index in [-0.39, 0.29) is 0 Å². The highest BCUT2D eigenvalue weighted by molar-refractivity contribution is 7.20. The maximum atomic E-state index is 5.51. The highest BCUT2D eigenvalue weighted by Gasteiger charge is 2.20. The number of aromatic nitrogens is 5. The third-order valence-electron chi connectivity index (χ3n) is 4.92. The van der Waals surface area contributed by atoms with Crippen LogP contribution in [-0.2, 0) is 0 Å². The number of ether oxygens (including phenoxy) is 1. The standard InChI is InChI=1S/C18H20N6OS/c1-11-8-24-17(20-11)15(25-2)7-13(22-24)16-10-23-9-14(21-18(23)26-16)12-3-5-19-6-4-12/h7-10,12,19H,3-6H2,1-2H3. The van der Waals surface area contributed by atoms with Crippen molar-refractivity contribution in [3.8, 4) is 16.3 Å². The average Bonchev–Trinajstić information content (AvgIpc) is 3.33. The zero-order valence-corrected chi connectivity index (χ0v) is 15.6. The molecule has 0 aromatic carbocycles. The fourth-order valence-corrected chi connectivity index (χ4v) is 4.51. The Bertz CT molecular complexity index is 1060. The van der Waals surface area contributed by atoms with Crippen LogP contribution in [0.2, 0.25) is 0 Å². The minimum atomic E-state index is 0.565. The zero-order valence-electron chi connectivity index (χ0n) is 14.8. The minimum Gasteiger partial charge on any atom is -0.493 e. The molecule has 4 aromatic rings. The molecule has 0 atom stereocenters. The molecule has 0 amide bonds. The number of aryl methyl sites for hydroxylation is 1. The Hall–Kier alpha value is -2.45. The number of hydrogen-bond donors (Lipinski definition) is 1. The summed E-state index contributed by atoms with van der Waals surface area (Å²) in [5.41, 5.74) is 3.73. The van der Waals surface area contributed by atoms with E-state index in [9.17, 15) is 0 Å². The van der Waals surface area contributed by atoms with Gasteiger partial charge in [-0.3, -0.25) is 4.40 Å². The lowest BCUT2D eigenvalue weighted by molar-refractivity contribution is 0.416. The van der Waals surface area contributed by atoms with Crippen LogP contribution in [0, 0.1) is 6.92 Å². The van der Waals surface area contributed by atoms with Crippen LogP contribution in [0.1, 0.15) is 30.1 Å². The Morgan fingerprint density at radius 1 is 1.19 bits per heavy atom. The Kier molecular flexibility index (Phi) is 3.68. The zero-order chi connectivity index (χ0) is 17.7. The van der Waals surface area contributed by atoms with Gasteiger partial charge in [-0.25, -0.2) is 14.5 Å². The summed E-state index contributed by atoms with van der Waals surface area (Å²) >= 11 is 1.65. The molecule has 134 valence electrons. The van der Waals surface area contributed by atoms with E-state index in [1.54, 1.807) is 23.0 Å². The quantitative estimate of drug-likeness (QED) is 0.602. The molecule has 7 nitrogen and oxygen atoms in total. The first-order valence-electron chi connectivity index (χ1n) is 8.82. The maximum absolute atomic E-state index is 5.51. The molecule has 4 aromatic heterocycles. The van der Waals surface area contributed by atoms with Crippen molar-refractivity contribution in [1.29, 1.82) is 0 Å². The topological polar surface area (TPSA) is 68.8 Å². The number of thiazole rings is 1. The van der Waals surface area contributed by atoms with Gasteiger partial charge in [0.15, 0.2) is 16.4 Å². The van der Waals surface area contributed by atoms with Crippen molar-refractivity contribution < 1.29 is 4.74 Å². The van der Waals surface area contributed by atoms with Crippen molar-refractivity contribution in [1.82, 2.24) is 29.3 Å². The number of rotatable bonds is 3. The van der Waals surface area contributed by atoms with Crippen LogP contribution >= 0.6 is 11.3 Å². The number of methoxy groups -OCH3 is 1. The molecule has 1 fully saturated rings. The first kappa shape index (κ1) is 15.8. The third-order valence-corrected chi connectivity index (χ3v) is 5.94. The van der Waals surface area contributed by atoms with E-state index in [2.05, 4.69) is 27.1 Å². The molecule has 5 rings (SSSR count). The Labute approximate surface area is 154 Å². The lowest BCUT2D eigenvalue weighted by Gasteiger charge is -2.20. The molecule has 1 aliphatic rings. The van der Waals surface area contributed by atoms with Crippen LogP contribution in [0.5, 0.6) is 5.75 Å². The predicted molar refractivity (Wildman–Crippen MR) is 101 cm³/mol. The van der Waals surface area contributed by atoms with E-state index in [0.717, 1.165) is 58.6 Å². The van der Waals surface area contributed by atoms with Gasteiger partial charge < -0.3 is 10.1 Å². The summed E-state index contributed by atoms with van der Waals surface area (Å²) in [6, 6.07) is 1.95. The lowest BCUT2D eigenvalue weighted by Crippen LogP contribution is -2.26. The summed E-state index contributed by atoms with van der Waals surface area (Å²) < 4.78 is 9.41. The molecule has 0 radical (unpaired) electrons. The van der Waals surface area contributed by atoms with Crippen LogP contribution in [0.25, 0.3) is 21.2 Å². The summed E-state index contributed by atoms with van der Waals surface area (Å²) in [7, 11) is 1.66. The maximum Gasteiger partial charge on any atom is 0.196 e. The predicted octanol–water partition coefficient (Wildman–Crippen LogP) is 2.89. The second kappa shape index (κ2) is 6.07. The number of hydrogen-bond acceptors (Lipinski definition) is 6. The van der Waals surface area contributed by atoms with Crippen LogP contribution in [0.4, 0.5) is 0 Å². The Morgan fingerprint density at radius 3 is 2.81 bits per heavy atom. The molecule has 0 spiro atoms. The molecule has 1 N–H and O–H groups in total. The number of piperidine rings is 1. The highest BCUT2D eigenvalue weighted by Crippen LogP contribution is 2.33. The second-order valence-corrected chi connectivity index (χ2v) is 7.73. The van der Waals surface area contributed by atoms with Crippen LogP contribution < -0.4 is 10.1 Å². The SMILES string of the molecule is COc1cc(-c2cn3cc(C4CCNCC4)nc3s2)nn2cc(C)nc12. The van der Waals surface area contributed by atoms with Gasteiger partial charge in [-0.1, -0.05) is 11.3 Å². The van der Waals surface area contributed by atoms with Gasteiger partial charge in [0.05, 0.1) is 29.6 Å². The summed E-state index contributed by atoms with van der Waals surface area (Å²) in [4.78, 5) is 11.4. The van der Waals surface area contributed by atoms with Crippen molar-refractivity contribution in [2.24, 2.45) is 0 Å². The van der Waals surface area contributed by atoms with Crippen molar-refractivity contribution in [3.05, 3.63) is 36.0 Å². The van der Waals surface area contributed by atoms with E-state index in [1.165, 1.54) is 5.69 Å². The Morgan fingerprint density at radius 2 is 2.04 bits per heavy atom. The highest BCUT2D eigenvalue weighted by atomic mass is 32.1. The van der Waals surface area contributed by atoms with E-state index in [4.69, 9.17) is 14.8 Å². The summed E-state index contributed by atoms with van der Waals surface area (Å²) in [6.07, 6.45) is 8.51. The van der Waals surface area contributed by atoms with E-state index < -0.39 is 0 Å². The lowest BCUT2D eigenvalue weighted by atomic mass is 9.95. The van der Waals surface area contributed by atoms with Gasteiger partial charge in [-0.05, 0) is 32.9 Å². The van der Waals surface area contributed by atoms with Crippen molar-refractivity contribution in [2.75, 3.05) is 20.2 Å². The molecule has 1 aliphatic heterocycles. The summed E-state index contributed by atoms with van der Waals surface area (Å²) in [6.45, 7) is 4.11. The first-order valence-corrected chi connectivity index (χ1v) is 9.63. The fourth-order valence-electron chi connectivity index (χ4n) is 3.58. The van der Waals surface area contributed by atoms with Crippen molar-refractivity contribution in [2.45, 2.75) is 25.7 Å². The average molecular weight is 368 g/mol. The molecular weight excluding hydrogens is 348 g/mol. The molecule has 0 saturated carbocycles. The number of imidazole rings is 2. The molecular formula is C18H20N6OS. The van der Waals surface area contributed by atoms with E-state index in [1.807, 2.05) is 19.2 Å². The smallest absolute Gasteiger partial charge is 0.196 e. The largest absolute Gasteiger partial charge is 0.493 e. The minimum absolute atomic E-state index is 0.565. The van der Waals surface area contributed by atoms with Crippen LogP contribution in [0.3, 0.4) is 0 Å². The molecule has 5 heterocycles. The molecule has 0 unspecified atom stereocenters. The van der Waals surface area contributed by atoms with E-state index >= 15 is 0 Å². The summed E-state index contributed by atoms with van der Waals surface area (Å²) in [5, 5.41) is 8.11. The van der Waals surface area contributed by atoms with Gasteiger partial charge in [0.1, 0.15) is 5.69 Å². The Balaban J connectivity index is 1.54. The van der Waals surface area contributed by atoms with Gasteiger partial charge in [0.25, 0.3) is 0 Å². The summed E-state index contributed by atoms with van der Waals surface area (Å²) in [5.74, 6) is 1.29. The van der Waals surface area contributed by atoms with Crippen LogP contribution in [-0.4, -0.2) is 44.2 Å². The first-order chi connectivity index (χ1) is 12.7. The third kappa shape index (κ3) is 2.57. The second-order valence-electron chi connectivity index (χ2n) is 6.72. The van der Waals surface area contributed by atoms with Gasteiger partial charge in [-0.15, -0.1) is 0 Å². The monoisotopic (exact) mass is 368 g/mol. The van der Waals surface area contributed by atoms with Gasteiger partial charge >= 0.3 is 0 Å². The van der Waals surface area contributed by atoms with Crippen molar-refractivity contribution in [3.63, 3.8) is 0 Å². The normalized spacial score (nSPS) is 15.9. The van der Waals surface area contributed by atoms with Gasteiger partial charge in [-0.2, -0.15) is 5.10 Å². The molecule has 26 heavy (non-hydrogen) atoms. The molecule has 1 saturated heterocycles. The number of fused-ring (bicyclic) bond motifs is 2. The van der Waals surface area contributed by atoms with Crippen LogP contribution in [0.15, 0.2) is 24.7 Å². The molecule has 8 heteroatoms. The number of nitrogens with one attached hydrogen (secondary N) is 1. The molecule has 0 aliphatic carbocycles. The van der Waals surface area contributed by atoms with E-state index in [0.29, 0.717) is 5.92 Å². The van der Waals surface area contributed by atoms with Gasteiger partial charge in [0.2, 0.25) is 0 Å².